The number of ether oxygens (including phenoxy) is 2. The summed E-state index contributed by atoms with van der Waals surface area (Å²) in [6.07, 6.45) is 1.95. The van der Waals surface area contributed by atoms with Crippen molar-refractivity contribution in [2.75, 3.05) is 25.2 Å². The summed E-state index contributed by atoms with van der Waals surface area (Å²) in [5.41, 5.74) is 1.45. The first-order chi connectivity index (χ1) is 14.2. The standard InChI is InChI=1S/C22H20N2O4S/c1-26-17-9-4-6-14-12-18(28-20(14)17)21(25)24(13-15-7-5-11-27-15)22-23-16-8-2-3-10-19(16)29-22/h2-4,6,8-10,12,15H,5,7,11,13H2,1H3. The van der Waals surface area contributed by atoms with Gasteiger partial charge in [-0.1, -0.05) is 35.6 Å². The molecule has 0 aliphatic carbocycles. The summed E-state index contributed by atoms with van der Waals surface area (Å²) < 4.78 is 18.1. The molecular weight excluding hydrogens is 388 g/mol. The van der Waals surface area contributed by atoms with E-state index in [9.17, 15) is 4.79 Å². The molecule has 0 saturated carbocycles. The van der Waals surface area contributed by atoms with Gasteiger partial charge >= 0.3 is 0 Å². The summed E-state index contributed by atoms with van der Waals surface area (Å²) in [5, 5.41) is 1.48. The lowest BCUT2D eigenvalue weighted by atomic mass is 10.2. The molecule has 1 amide bonds. The van der Waals surface area contributed by atoms with Crippen LogP contribution in [0, 0.1) is 0 Å². The molecule has 1 atom stereocenters. The molecule has 0 radical (unpaired) electrons. The molecule has 1 fully saturated rings. The maximum Gasteiger partial charge on any atom is 0.295 e. The number of methoxy groups -OCH3 is 1. The Morgan fingerprint density at radius 3 is 2.97 bits per heavy atom. The third kappa shape index (κ3) is 3.36. The van der Waals surface area contributed by atoms with Crippen molar-refractivity contribution in [1.29, 1.82) is 0 Å². The van der Waals surface area contributed by atoms with Crippen LogP contribution in [0.1, 0.15) is 23.4 Å². The fraction of sp³-hybridized carbons (Fsp3) is 0.273. The number of furan rings is 1. The first-order valence-corrected chi connectivity index (χ1v) is 10.4. The van der Waals surface area contributed by atoms with Crippen LogP contribution < -0.4 is 9.64 Å². The number of carbonyl (C=O) groups excluding carboxylic acids is 1. The van der Waals surface area contributed by atoms with Gasteiger partial charge in [0.15, 0.2) is 22.2 Å². The van der Waals surface area contributed by atoms with Crippen molar-refractivity contribution in [1.82, 2.24) is 4.98 Å². The van der Waals surface area contributed by atoms with Gasteiger partial charge < -0.3 is 13.9 Å². The molecule has 1 aliphatic heterocycles. The highest BCUT2D eigenvalue weighted by molar-refractivity contribution is 7.22. The Bertz CT molecular complexity index is 1140. The molecular formula is C22H20N2O4S. The lowest BCUT2D eigenvalue weighted by Crippen LogP contribution is -2.37. The number of carbonyl (C=O) groups is 1. The predicted octanol–water partition coefficient (Wildman–Crippen LogP) is 4.88. The van der Waals surface area contributed by atoms with E-state index in [1.807, 2.05) is 42.5 Å². The van der Waals surface area contributed by atoms with Gasteiger partial charge in [-0.15, -0.1) is 0 Å². The van der Waals surface area contributed by atoms with E-state index in [4.69, 9.17) is 18.9 Å². The Morgan fingerprint density at radius 1 is 1.28 bits per heavy atom. The molecule has 148 valence electrons. The Balaban J connectivity index is 1.55. The Morgan fingerprint density at radius 2 is 2.17 bits per heavy atom. The van der Waals surface area contributed by atoms with Gasteiger partial charge in [0.05, 0.1) is 30.0 Å². The van der Waals surface area contributed by atoms with Crippen LogP contribution in [0.4, 0.5) is 5.13 Å². The normalized spacial score (nSPS) is 16.5. The molecule has 5 rings (SSSR count). The van der Waals surface area contributed by atoms with Gasteiger partial charge in [-0.05, 0) is 37.1 Å². The average molecular weight is 408 g/mol. The zero-order chi connectivity index (χ0) is 19.8. The minimum atomic E-state index is -0.224. The molecule has 2 aromatic carbocycles. The van der Waals surface area contributed by atoms with Crippen LogP contribution in [0.5, 0.6) is 5.75 Å². The number of amides is 1. The number of hydrogen-bond acceptors (Lipinski definition) is 6. The summed E-state index contributed by atoms with van der Waals surface area (Å²) in [5.74, 6) is 0.645. The molecule has 2 aromatic heterocycles. The molecule has 7 heteroatoms. The molecule has 0 bridgehead atoms. The number of thiazole rings is 1. The zero-order valence-electron chi connectivity index (χ0n) is 16.0. The number of hydrogen-bond donors (Lipinski definition) is 0. The maximum absolute atomic E-state index is 13.5. The second kappa shape index (κ2) is 7.50. The number of fused-ring (bicyclic) bond motifs is 2. The van der Waals surface area contributed by atoms with Crippen LogP contribution in [-0.4, -0.2) is 37.3 Å². The molecule has 4 aromatic rings. The highest BCUT2D eigenvalue weighted by atomic mass is 32.1. The van der Waals surface area contributed by atoms with E-state index >= 15 is 0 Å². The number of nitrogens with zero attached hydrogens (tertiary/aromatic N) is 2. The topological polar surface area (TPSA) is 64.8 Å². The van der Waals surface area contributed by atoms with E-state index in [1.54, 1.807) is 18.1 Å². The SMILES string of the molecule is COc1cccc2cc(C(=O)N(CC3CCCO3)c3nc4ccccc4s3)oc12. The quantitative estimate of drug-likeness (QED) is 0.471. The van der Waals surface area contributed by atoms with Gasteiger partial charge in [-0.2, -0.15) is 0 Å². The van der Waals surface area contributed by atoms with Crippen LogP contribution >= 0.6 is 11.3 Å². The van der Waals surface area contributed by atoms with E-state index in [0.29, 0.717) is 23.0 Å². The minimum Gasteiger partial charge on any atom is -0.493 e. The number of aromatic nitrogens is 1. The van der Waals surface area contributed by atoms with Crippen LogP contribution in [0.15, 0.2) is 52.9 Å². The summed E-state index contributed by atoms with van der Waals surface area (Å²) >= 11 is 1.50. The predicted molar refractivity (Wildman–Crippen MR) is 113 cm³/mol. The zero-order valence-corrected chi connectivity index (χ0v) is 16.8. The molecule has 3 heterocycles. The molecule has 29 heavy (non-hydrogen) atoms. The second-order valence-electron chi connectivity index (χ2n) is 7.00. The largest absolute Gasteiger partial charge is 0.493 e. The average Bonchev–Trinajstić information content (AvgIpc) is 3.49. The highest BCUT2D eigenvalue weighted by Gasteiger charge is 2.29. The molecule has 1 aliphatic rings. The number of benzene rings is 2. The van der Waals surface area contributed by atoms with Gasteiger partial charge in [0.25, 0.3) is 5.91 Å². The summed E-state index contributed by atoms with van der Waals surface area (Å²) in [6.45, 7) is 1.18. The third-order valence-corrected chi connectivity index (χ3v) is 6.17. The second-order valence-corrected chi connectivity index (χ2v) is 8.01. The Labute approximate surface area is 171 Å². The van der Waals surface area contributed by atoms with Crippen molar-refractivity contribution in [2.24, 2.45) is 0 Å². The first kappa shape index (κ1) is 18.1. The number of rotatable bonds is 5. The first-order valence-electron chi connectivity index (χ1n) is 9.58. The van der Waals surface area contributed by atoms with Crippen molar-refractivity contribution in [3.05, 3.63) is 54.3 Å². The number of anilines is 1. The van der Waals surface area contributed by atoms with Crippen LogP contribution in [0.25, 0.3) is 21.2 Å². The molecule has 1 saturated heterocycles. The van der Waals surface area contributed by atoms with Crippen molar-refractivity contribution in [2.45, 2.75) is 18.9 Å². The van der Waals surface area contributed by atoms with Crippen molar-refractivity contribution in [3.63, 3.8) is 0 Å². The van der Waals surface area contributed by atoms with E-state index in [0.717, 1.165) is 35.1 Å². The van der Waals surface area contributed by atoms with E-state index in [2.05, 4.69) is 0 Å². The van der Waals surface area contributed by atoms with Crippen LogP contribution in [0.2, 0.25) is 0 Å². The monoisotopic (exact) mass is 408 g/mol. The highest BCUT2D eigenvalue weighted by Crippen LogP contribution is 2.33. The van der Waals surface area contributed by atoms with Crippen molar-refractivity contribution >= 4 is 43.6 Å². The molecule has 6 nitrogen and oxygen atoms in total. The third-order valence-electron chi connectivity index (χ3n) is 5.11. The van der Waals surface area contributed by atoms with Crippen LogP contribution in [-0.2, 0) is 4.74 Å². The fourth-order valence-corrected chi connectivity index (χ4v) is 4.62. The number of para-hydroxylation sites is 2. The summed E-state index contributed by atoms with van der Waals surface area (Å²) in [6, 6.07) is 15.2. The van der Waals surface area contributed by atoms with Crippen molar-refractivity contribution < 1.29 is 18.7 Å². The minimum absolute atomic E-state index is 0.00452. The smallest absolute Gasteiger partial charge is 0.295 e. The molecule has 0 spiro atoms. The molecule has 0 N–H and O–H groups in total. The van der Waals surface area contributed by atoms with Gasteiger partial charge in [0.1, 0.15) is 0 Å². The van der Waals surface area contributed by atoms with Gasteiger partial charge in [0.2, 0.25) is 0 Å². The lowest BCUT2D eigenvalue weighted by molar-refractivity contribution is 0.0896. The fourth-order valence-electron chi connectivity index (χ4n) is 3.65. The van der Waals surface area contributed by atoms with Crippen molar-refractivity contribution in [3.8, 4) is 5.75 Å². The van der Waals surface area contributed by atoms with Gasteiger partial charge in [-0.25, -0.2) is 4.98 Å². The van der Waals surface area contributed by atoms with Gasteiger partial charge in [-0.3, -0.25) is 9.69 Å². The van der Waals surface area contributed by atoms with E-state index in [1.165, 1.54) is 11.3 Å². The summed E-state index contributed by atoms with van der Waals surface area (Å²) in [4.78, 5) is 19.9. The molecule has 1 unspecified atom stereocenters. The van der Waals surface area contributed by atoms with E-state index in [-0.39, 0.29) is 17.8 Å². The van der Waals surface area contributed by atoms with Crippen LogP contribution in [0.3, 0.4) is 0 Å². The summed E-state index contributed by atoms with van der Waals surface area (Å²) in [7, 11) is 1.59. The van der Waals surface area contributed by atoms with E-state index < -0.39 is 0 Å². The Kier molecular flexibility index (Phi) is 4.69. The van der Waals surface area contributed by atoms with Gasteiger partial charge in [0, 0.05) is 12.0 Å². The maximum atomic E-state index is 13.5. The Hall–Kier alpha value is -2.90. The lowest BCUT2D eigenvalue weighted by Gasteiger charge is -2.22.